The Hall–Kier alpha value is -3.17. The van der Waals surface area contributed by atoms with Gasteiger partial charge in [-0.25, -0.2) is 0 Å². The summed E-state index contributed by atoms with van der Waals surface area (Å²) in [7, 11) is 0. The Morgan fingerprint density at radius 2 is 1.74 bits per heavy atom. The summed E-state index contributed by atoms with van der Waals surface area (Å²) < 4.78 is 5.03. The molecule has 0 radical (unpaired) electrons. The zero-order valence-electron chi connectivity index (χ0n) is 14.8. The molecule has 27 heavy (non-hydrogen) atoms. The highest BCUT2D eigenvalue weighted by atomic mass is 32.1. The monoisotopic (exact) mass is 364 g/mol. The van der Waals surface area contributed by atoms with Crippen molar-refractivity contribution in [2.24, 2.45) is 0 Å². The van der Waals surface area contributed by atoms with Gasteiger partial charge in [0.05, 0.1) is 16.6 Å². The molecule has 0 saturated carbocycles. The van der Waals surface area contributed by atoms with Gasteiger partial charge in [-0.05, 0) is 55.0 Å². The summed E-state index contributed by atoms with van der Waals surface area (Å²) in [5.41, 5.74) is 5.91. The number of aromatic nitrogens is 2. The Morgan fingerprint density at radius 3 is 2.67 bits per heavy atom. The smallest absolute Gasteiger partial charge is 0.0963 e. The molecule has 128 valence electrons. The second kappa shape index (κ2) is 5.41. The van der Waals surface area contributed by atoms with Gasteiger partial charge in [0.2, 0.25) is 0 Å². The molecular formula is C24H16N2S. The van der Waals surface area contributed by atoms with Gasteiger partial charge < -0.3 is 4.57 Å². The lowest BCUT2D eigenvalue weighted by molar-refractivity contribution is 1.17. The molecule has 3 heterocycles. The highest BCUT2D eigenvalue weighted by Gasteiger charge is 2.18. The number of hydrogen-bond acceptors (Lipinski definition) is 2. The number of benzene rings is 3. The van der Waals surface area contributed by atoms with Gasteiger partial charge in [0, 0.05) is 37.4 Å². The maximum Gasteiger partial charge on any atom is 0.0963 e. The van der Waals surface area contributed by atoms with Gasteiger partial charge in [-0.2, -0.15) is 0 Å². The summed E-state index contributed by atoms with van der Waals surface area (Å²) in [5, 5.41) is 3.86. The number of aryl methyl sites for hydroxylation is 1. The van der Waals surface area contributed by atoms with Crippen molar-refractivity contribution in [2.75, 3.05) is 0 Å². The third-order valence-electron chi connectivity index (χ3n) is 5.28. The zero-order chi connectivity index (χ0) is 18.0. The number of hydrogen-bond donors (Lipinski definition) is 0. The van der Waals surface area contributed by atoms with Gasteiger partial charge >= 0.3 is 0 Å². The third kappa shape index (κ3) is 2.03. The van der Waals surface area contributed by atoms with Crippen LogP contribution in [-0.4, -0.2) is 9.55 Å². The fourth-order valence-electron chi connectivity index (χ4n) is 4.16. The van der Waals surface area contributed by atoms with E-state index in [1.807, 2.05) is 23.6 Å². The summed E-state index contributed by atoms with van der Waals surface area (Å²) in [6, 6.07) is 26.1. The van der Waals surface area contributed by atoms with Gasteiger partial charge in [-0.15, -0.1) is 11.3 Å². The van der Waals surface area contributed by atoms with E-state index < -0.39 is 0 Å². The Balaban J connectivity index is 1.94. The number of fused-ring (bicyclic) bond motifs is 7. The van der Waals surface area contributed by atoms with Crippen molar-refractivity contribution in [3.63, 3.8) is 0 Å². The average Bonchev–Trinajstić information content (AvgIpc) is 3.23. The van der Waals surface area contributed by atoms with Crippen molar-refractivity contribution >= 4 is 53.4 Å². The second-order valence-electron chi connectivity index (χ2n) is 6.98. The fourth-order valence-corrected chi connectivity index (χ4v) is 5.27. The fraction of sp³-hybridized carbons (Fsp3) is 0.0417. The maximum atomic E-state index is 4.73. The molecular weight excluding hydrogens is 348 g/mol. The van der Waals surface area contributed by atoms with Crippen LogP contribution in [0.3, 0.4) is 0 Å². The van der Waals surface area contributed by atoms with E-state index in [1.165, 1.54) is 42.3 Å². The lowest BCUT2D eigenvalue weighted by Crippen LogP contribution is -1.94. The Kier molecular flexibility index (Phi) is 3.00. The molecule has 0 N–H and O–H groups in total. The Morgan fingerprint density at radius 1 is 0.815 bits per heavy atom. The molecule has 6 aromatic rings. The van der Waals surface area contributed by atoms with Crippen LogP contribution in [0.1, 0.15) is 5.56 Å². The molecule has 0 atom stereocenters. The van der Waals surface area contributed by atoms with Crippen molar-refractivity contribution in [2.45, 2.75) is 6.92 Å². The molecule has 3 aromatic heterocycles. The minimum Gasteiger partial charge on any atom is -0.307 e. The number of nitrogens with zero attached hydrogens (tertiary/aromatic N) is 2. The molecule has 0 aliphatic heterocycles. The predicted octanol–water partition coefficient (Wildman–Crippen LogP) is 6.86. The largest absolute Gasteiger partial charge is 0.307 e. The molecule has 3 aromatic carbocycles. The van der Waals surface area contributed by atoms with Crippen molar-refractivity contribution in [1.29, 1.82) is 0 Å². The lowest BCUT2D eigenvalue weighted by Gasteiger charge is -2.09. The van der Waals surface area contributed by atoms with Crippen LogP contribution in [0.25, 0.3) is 47.8 Å². The topological polar surface area (TPSA) is 17.8 Å². The van der Waals surface area contributed by atoms with Crippen LogP contribution in [0.2, 0.25) is 0 Å². The van der Waals surface area contributed by atoms with E-state index in [2.05, 4.69) is 78.2 Å². The van der Waals surface area contributed by atoms with E-state index in [0.29, 0.717) is 0 Å². The standard InChI is InChI=1S/C24H16N2S/c1-15-6-4-7-16(14-15)26-19-9-5-13-25-23(19)18-11-12-21-22(24(18)26)17-8-2-3-10-20(17)27-21/h2-14H,1H3. The first-order valence-electron chi connectivity index (χ1n) is 9.08. The van der Waals surface area contributed by atoms with Gasteiger partial charge in [0.25, 0.3) is 0 Å². The third-order valence-corrected chi connectivity index (χ3v) is 6.42. The molecule has 0 spiro atoms. The number of pyridine rings is 1. The number of rotatable bonds is 1. The molecule has 0 fully saturated rings. The highest BCUT2D eigenvalue weighted by molar-refractivity contribution is 7.26. The van der Waals surface area contributed by atoms with Crippen LogP contribution >= 0.6 is 11.3 Å². The molecule has 0 unspecified atom stereocenters. The molecule has 0 saturated heterocycles. The Labute approximate surface area is 160 Å². The maximum absolute atomic E-state index is 4.73. The van der Waals surface area contributed by atoms with E-state index in [1.54, 1.807) is 0 Å². The minimum absolute atomic E-state index is 1.06. The summed E-state index contributed by atoms with van der Waals surface area (Å²) in [5.74, 6) is 0. The summed E-state index contributed by atoms with van der Waals surface area (Å²) >= 11 is 1.86. The average molecular weight is 364 g/mol. The van der Waals surface area contributed by atoms with Crippen molar-refractivity contribution in [1.82, 2.24) is 9.55 Å². The second-order valence-corrected chi connectivity index (χ2v) is 8.06. The molecule has 0 aliphatic carbocycles. The van der Waals surface area contributed by atoms with E-state index in [-0.39, 0.29) is 0 Å². The first-order chi connectivity index (χ1) is 13.3. The predicted molar refractivity (Wildman–Crippen MR) is 116 cm³/mol. The molecule has 0 amide bonds. The van der Waals surface area contributed by atoms with Crippen LogP contribution in [-0.2, 0) is 0 Å². The highest BCUT2D eigenvalue weighted by Crippen LogP contribution is 2.42. The van der Waals surface area contributed by atoms with E-state index >= 15 is 0 Å². The molecule has 0 bridgehead atoms. The molecule has 2 nitrogen and oxygen atoms in total. The van der Waals surface area contributed by atoms with Crippen LogP contribution in [0.15, 0.2) is 79.0 Å². The lowest BCUT2D eigenvalue weighted by atomic mass is 10.1. The number of thiophene rings is 1. The first-order valence-corrected chi connectivity index (χ1v) is 9.89. The zero-order valence-corrected chi connectivity index (χ0v) is 15.6. The van der Waals surface area contributed by atoms with Crippen molar-refractivity contribution in [3.05, 3.63) is 84.6 Å². The van der Waals surface area contributed by atoms with Crippen LogP contribution in [0.5, 0.6) is 0 Å². The summed E-state index contributed by atoms with van der Waals surface area (Å²) in [4.78, 5) is 4.73. The van der Waals surface area contributed by atoms with Gasteiger partial charge in [-0.3, -0.25) is 4.98 Å². The molecule has 0 aliphatic rings. The van der Waals surface area contributed by atoms with Gasteiger partial charge in [0.1, 0.15) is 0 Å². The van der Waals surface area contributed by atoms with E-state index in [4.69, 9.17) is 4.98 Å². The van der Waals surface area contributed by atoms with Crippen molar-refractivity contribution < 1.29 is 0 Å². The van der Waals surface area contributed by atoms with Gasteiger partial charge in [-0.1, -0.05) is 30.3 Å². The van der Waals surface area contributed by atoms with Gasteiger partial charge in [0.15, 0.2) is 0 Å². The minimum atomic E-state index is 1.06. The van der Waals surface area contributed by atoms with Crippen molar-refractivity contribution in [3.8, 4) is 5.69 Å². The van der Waals surface area contributed by atoms with Crippen LogP contribution in [0, 0.1) is 6.92 Å². The Bertz CT molecular complexity index is 1490. The van der Waals surface area contributed by atoms with Crippen LogP contribution in [0.4, 0.5) is 0 Å². The van der Waals surface area contributed by atoms with E-state index in [0.717, 1.165) is 11.0 Å². The summed E-state index contributed by atoms with van der Waals surface area (Å²) in [6.45, 7) is 2.14. The van der Waals surface area contributed by atoms with E-state index in [9.17, 15) is 0 Å². The molecule has 3 heteroatoms. The molecule has 6 rings (SSSR count). The summed E-state index contributed by atoms with van der Waals surface area (Å²) in [6.07, 6.45) is 1.89. The SMILES string of the molecule is Cc1cccc(-n2c3cccnc3c3ccc4sc5ccccc5c4c32)c1. The quantitative estimate of drug-likeness (QED) is 0.312. The van der Waals surface area contributed by atoms with Crippen LogP contribution < -0.4 is 0 Å². The first kappa shape index (κ1) is 14.9. The normalized spacial score (nSPS) is 11.9.